The van der Waals surface area contributed by atoms with Crippen LogP contribution >= 0.6 is 0 Å². The number of nitrogens with one attached hydrogen (secondary N) is 1. The second kappa shape index (κ2) is 5.19. The lowest BCUT2D eigenvalue weighted by Crippen LogP contribution is -2.17. The van der Waals surface area contributed by atoms with Gasteiger partial charge in [0.1, 0.15) is 12.4 Å². The molecule has 5 heteroatoms. The Morgan fingerprint density at radius 3 is 2.93 bits per heavy atom. The van der Waals surface area contributed by atoms with Gasteiger partial charge in [-0.25, -0.2) is 4.39 Å². The third kappa shape index (κ3) is 3.46. The van der Waals surface area contributed by atoms with E-state index in [1.807, 2.05) is 0 Å². The van der Waals surface area contributed by atoms with Crippen molar-refractivity contribution < 1.29 is 13.9 Å². The molecule has 0 saturated carbocycles. The highest BCUT2D eigenvalue weighted by atomic mass is 19.1. The summed E-state index contributed by atoms with van der Waals surface area (Å²) in [6, 6.07) is 4.22. The Morgan fingerprint density at radius 1 is 1.60 bits per heavy atom. The van der Waals surface area contributed by atoms with Crippen molar-refractivity contribution in [3.63, 3.8) is 0 Å². The summed E-state index contributed by atoms with van der Waals surface area (Å²) in [5.74, 6) is -0.909. The Balaban J connectivity index is 2.54. The third-order valence-corrected chi connectivity index (χ3v) is 1.72. The van der Waals surface area contributed by atoms with Crippen molar-refractivity contribution in [3.05, 3.63) is 24.0 Å². The quantitative estimate of drug-likeness (QED) is 0.584. The average Bonchev–Trinajstić information content (AvgIpc) is 2.17. The minimum absolute atomic E-state index is 0.0608. The minimum atomic E-state index is -0.487. The lowest BCUT2D eigenvalue weighted by Gasteiger charge is -2.07. The van der Waals surface area contributed by atoms with Crippen LogP contribution in [0.1, 0.15) is 6.92 Å². The molecule has 1 aromatic rings. The molecular weight excluding hydrogens is 199 g/mol. The normalized spacial score (nSPS) is 9.73. The lowest BCUT2D eigenvalue weighted by atomic mass is 10.2. The molecule has 0 fully saturated rings. The molecule has 0 saturated heterocycles. The Bertz CT molecular complexity index is 355. The van der Waals surface area contributed by atoms with Gasteiger partial charge in [-0.1, -0.05) is 0 Å². The van der Waals surface area contributed by atoms with Gasteiger partial charge in [0.2, 0.25) is 0 Å². The second-order valence-corrected chi connectivity index (χ2v) is 2.90. The summed E-state index contributed by atoms with van der Waals surface area (Å²) < 4.78 is 17.9. The molecule has 0 aromatic heterocycles. The number of hydrogen-bond donors (Lipinski definition) is 2. The van der Waals surface area contributed by atoms with Gasteiger partial charge in [0.25, 0.3) is 0 Å². The third-order valence-electron chi connectivity index (χ3n) is 1.72. The number of carbonyl (C=O) groups is 1. The van der Waals surface area contributed by atoms with E-state index < -0.39 is 11.8 Å². The Morgan fingerprint density at radius 2 is 2.33 bits per heavy atom. The number of esters is 1. The number of hydrogen-bond acceptors (Lipinski definition) is 4. The average molecular weight is 212 g/mol. The maximum absolute atomic E-state index is 13.2. The summed E-state index contributed by atoms with van der Waals surface area (Å²) in [5.41, 5.74) is 5.95. The SMILES string of the molecule is CCOC(=O)CNc1ccc(N)cc1F. The van der Waals surface area contributed by atoms with E-state index in [1.165, 1.54) is 12.1 Å². The molecule has 0 atom stereocenters. The van der Waals surface area contributed by atoms with Gasteiger partial charge in [-0.05, 0) is 25.1 Å². The van der Waals surface area contributed by atoms with Crippen LogP contribution in [-0.4, -0.2) is 19.1 Å². The van der Waals surface area contributed by atoms with E-state index in [-0.39, 0.29) is 12.2 Å². The highest BCUT2D eigenvalue weighted by molar-refractivity contribution is 5.75. The molecule has 0 unspecified atom stereocenters. The molecule has 0 aliphatic rings. The number of nitrogen functional groups attached to an aromatic ring is 1. The molecule has 3 N–H and O–H groups in total. The highest BCUT2D eigenvalue weighted by Crippen LogP contribution is 2.16. The number of carbonyl (C=O) groups excluding carboxylic acids is 1. The van der Waals surface area contributed by atoms with Gasteiger partial charge in [0.15, 0.2) is 0 Å². The first-order valence-electron chi connectivity index (χ1n) is 4.58. The van der Waals surface area contributed by atoms with Crippen LogP contribution in [-0.2, 0) is 9.53 Å². The van der Waals surface area contributed by atoms with Gasteiger partial charge < -0.3 is 15.8 Å². The molecular formula is C10H13FN2O2. The fourth-order valence-electron chi connectivity index (χ4n) is 1.05. The fourth-order valence-corrected chi connectivity index (χ4v) is 1.05. The Labute approximate surface area is 87.2 Å². The summed E-state index contributed by atoms with van der Waals surface area (Å²) in [6.45, 7) is 1.96. The van der Waals surface area contributed by atoms with Crippen LogP contribution in [0.3, 0.4) is 0 Å². The van der Waals surface area contributed by atoms with Crippen LogP contribution in [0.25, 0.3) is 0 Å². The van der Waals surface area contributed by atoms with E-state index in [0.717, 1.165) is 0 Å². The molecule has 0 aliphatic heterocycles. The summed E-state index contributed by atoms with van der Waals surface area (Å²) in [7, 11) is 0. The molecule has 82 valence electrons. The topological polar surface area (TPSA) is 64.3 Å². The zero-order chi connectivity index (χ0) is 11.3. The number of halogens is 1. The first-order chi connectivity index (χ1) is 7.13. The maximum Gasteiger partial charge on any atom is 0.325 e. The van der Waals surface area contributed by atoms with Crippen LogP contribution in [0.5, 0.6) is 0 Å². The van der Waals surface area contributed by atoms with Crippen molar-refractivity contribution in [3.8, 4) is 0 Å². The van der Waals surface area contributed by atoms with E-state index in [9.17, 15) is 9.18 Å². The van der Waals surface area contributed by atoms with Crippen molar-refractivity contribution in [1.82, 2.24) is 0 Å². The molecule has 0 amide bonds. The summed E-state index contributed by atoms with van der Waals surface area (Å²) in [6.07, 6.45) is 0. The summed E-state index contributed by atoms with van der Waals surface area (Å²) in [5, 5.41) is 2.62. The smallest absolute Gasteiger partial charge is 0.325 e. The summed E-state index contributed by atoms with van der Waals surface area (Å²) >= 11 is 0. The number of ether oxygens (including phenoxy) is 1. The second-order valence-electron chi connectivity index (χ2n) is 2.90. The Kier molecular flexibility index (Phi) is 3.91. The van der Waals surface area contributed by atoms with Crippen molar-refractivity contribution in [1.29, 1.82) is 0 Å². The predicted molar refractivity (Wildman–Crippen MR) is 55.9 cm³/mol. The fraction of sp³-hybridized carbons (Fsp3) is 0.300. The lowest BCUT2D eigenvalue weighted by molar-refractivity contribution is -0.140. The highest BCUT2D eigenvalue weighted by Gasteiger charge is 2.05. The molecule has 0 heterocycles. The van der Waals surface area contributed by atoms with Crippen LogP contribution in [0.15, 0.2) is 18.2 Å². The first kappa shape index (κ1) is 11.3. The number of nitrogens with two attached hydrogens (primary N) is 1. The van der Waals surface area contributed by atoms with E-state index in [2.05, 4.69) is 10.1 Å². The predicted octanol–water partition coefficient (Wildman–Crippen LogP) is 1.38. The van der Waals surface area contributed by atoms with Crippen LogP contribution in [0.4, 0.5) is 15.8 Å². The minimum Gasteiger partial charge on any atom is -0.465 e. The monoisotopic (exact) mass is 212 g/mol. The number of rotatable bonds is 4. The van der Waals surface area contributed by atoms with Crippen LogP contribution in [0.2, 0.25) is 0 Å². The van der Waals surface area contributed by atoms with Crippen molar-refractivity contribution >= 4 is 17.3 Å². The van der Waals surface area contributed by atoms with E-state index >= 15 is 0 Å². The summed E-state index contributed by atoms with van der Waals surface area (Å²) in [4.78, 5) is 11.0. The van der Waals surface area contributed by atoms with E-state index in [0.29, 0.717) is 12.3 Å². The number of benzene rings is 1. The van der Waals surface area contributed by atoms with Crippen molar-refractivity contribution in [2.75, 3.05) is 24.2 Å². The van der Waals surface area contributed by atoms with Crippen molar-refractivity contribution in [2.45, 2.75) is 6.92 Å². The van der Waals surface area contributed by atoms with Crippen LogP contribution < -0.4 is 11.1 Å². The number of anilines is 2. The molecule has 0 bridgehead atoms. The van der Waals surface area contributed by atoms with E-state index in [4.69, 9.17) is 5.73 Å². The van der Waals surface area contributed by atoms with Gasteiger partial charge in [0, 0.05) is 5.69 Å². The molecule has 0 spiro atoms. The first-order valence-corrected chi connectivity index (χ1v) is 4.58. The molecule has 15 heavy (non-hydrogen) atoms. The molecule has 4 nitrogen and oxygen atoms in total. The zero-order valence-corrected chi connectivity index (χ0v) is 8.42. The van der Waals surface area contributed by atoms with Gasteiger partial charge in [-0.3, -0.25) is 4.79 Å². The standard InChI is InChI=1S/C10H13FN2O2/c1-2-15-10(14)6-13-9-4-3-7(12)5-8(9)11/h3-5,13H,2,6,12H2,1H3. The zero-order valence-electron chi connectivity index (χ0n) is 8.42. The molecule has 0 radical (unpaired) electrons. The van der Waals surface area contributed by atoms with Gasteiger partial charge in [-0.15, -0.1) is 0 Å². The van der Waals surface area contributed by atoms with Crippen molar-refractivity contribution in [2.24, 2.45) is 0 Å². The van der Waals surface area contributed by atoms with Gasteiger partial charge >= 0.3 is 5.97 Å². The largest absolute Gasteiger partial charge is 0.465 e. The van der Waals surface area contributed by atoms with E-state index in [1.54, 1.807) is 13.0 Å². The van der Waals surface area contributed by atoms with Gasteiger partial charge in [0.05, 0.1) is 12.3 Å². The molecule has 1 rings (SSSR count). The van der Waals surface area contributed by atoms with Gasteiger partial charge in [-0.2, -0.15) is 0 Å². The maximum atomic E-state index is 13.2. The Hall–Kier alpha value is -1.78. The molecule has 1 aromatic carbocycles. The van der Waals surface area contributed by atoms with Crippen LogP contribution in [0, 0.1) is 5.82 Å². The molecule has 0 aliphatic carbocycles.